The van der Waals surface area contributed by atoms with E-state index in [9.17, 15) is 9.59 Å². The molecule has 5 nitrogen and oxygen atoms in total. The number of benzene rings is 4. The molecule has 1 fully saturated rings. The molecule has 2 N–H and O–H groups in total. The first-order valence-corrected chi connectivity index (χ1v) is 12.9. The second-order valence-electron chi connectivity index (χ2n) is 9.95. The first-order chi connectivity index (χ1) is 18.0. The molecule has 4 aromatic rings. The highest BCUT2D eigenvalue weighted by molar-refractivity contribution is 5.88. The molecule has 0 aromatic heterocycles. The summed E-state index contributed by atoms with van der Waals surface area (Å²) in [6, 6.07) is 32.1. The summed E-state index contributed by atoms with van der Waals surface area (Å²) in [6.45, 7) is 4.39. The number of nitrogens with one attached hydrogen (secondary N) is 1. The SMILES string of the molecule is C[C@@H](NC[C@@H]1CN(C(=O)Cc2ccc(C(=O)O)cc2)C[C@@H]1c1ccccc1)c1cccc2ccccc12. The summed E-state index contributed by atoms with van der Waals surface area (Å²) >= 11 is 0. The summed E-state index contributed by atoms with van der Waals surface area (Å²) < 4.78 is 0. The number of likely N-dealkylation sites (tertiary alicyclic amines) is 1. The molecular weight excluding hydrogens is 460 g/mol. The van der Waals surface area contributed by atoms with Crippen molar-refractivity contribution in [1.29, 1.82) is 0 Å². The minimum Gasteiger partial charge on any atom is -0.478 e. The van der Waals surface area contributed by atoms with Crippen molar-refractivity contribution in [2.75, 3.05) is 19.6 Å². The molecule has 4 aromatic carbocycles. The maximum atomic E-state index is 13.3. The van der Waals surface area contributed by atoms with Gasteiger partial charge in [0.15, 0.2) is 0 Å². The average Bonchev–Trinajstić information content (AvgIpc) is 3.37. The van der Waals surface area contributed by atoms with Crippen LogP contribution in [0.25, 0.3) is 10.8 Å². The van der Waals surface area contributed by atoms with Crippen LogP contribution in [-0.2, 0) is 11.2 Å². The summed E-state index contributed by atoms with van der Waals surface area (Å²) in [6.07, 6.45) is 0.272. The third-order valence-electron chi connectivity index (χ3n) is 7.55. The third-order valence-corrected chi connectivity index (χ3v) is 7.55. The highest BCUT2D eigenvalue weighted by Crippen LogP contribution is 2.33. The molecule has 0 spiro atoms. The van der Waals surface area contributed by atoms with Gasteiger partial charge in [0, 0.05) is 31.6 Å². The largest absolute Gasteiger partial charge is 0.478 e. The smallest absolute Gasteiger partial charge is 0.335 e. The number of hydrogen-bond donors (Lipinski definition) is 2. The predicted octanol–water partition coefficient (Wildman–Crippen LogP) is 5.67. The molecule has 3 atom stereocenters. The van der Waals surface area contributed by atoms with Crippen molar-refractivity contribution in [3.8, 4) is 0 Å². The van der Waals surface area contributed by atoms with Crippen LogP contribution < -0.4 is 5.32 Å². The zero-order valence-corrected chi connectivity index (χ0v) is 21.0. The number of carboxylic acid groups (broad SMARTS) is 1. The maximum absolute atomic E-state index is 13.3. The minimum atomic E-state index is -0.962. The fraction of sp³-hybridized carbons (Fsp3) is 0.250. The number of carboxylic acids is 1. The van der Waals surface area contributed by atoms with Gasteiger partial charge in [0.25, 0.3) is 0 Å². The van der Waals surface area contributed by atoms with Gasteiger partial charge >= 0.3 is 5.97 Å². The number of nitrogens with zero attached hydrogens (tertiary/aromatic N) is 1. The van der Waals surface area contributed by atoms with Gasteiger partial charge in [-0.15, -0.1) is 0 Å². The van der Waals surface area contributed by atoms with Crippen LogP contribution in [0.4, 0.5) is 0 Å². The van der Waals surface area contributed by atoms with Crippen LogP contribution in [0.2, 0.25) is 0 Å². The molecule has 0 saturated carbocycles. The Morgan fingerprint density at radius 1 is 0.892 bits per heavy atom. The van der Waals surface area contributed by atoms with Crippen LogP contribution in [0.3, 0.4) is 0 Å². The van der Waals surface area contributed by atoms with Gasteiger partial charge in [-0.05, 0) is 52.4 Å². The van der Waals surface area contributed by atoms with Crippen molar-refractivity contribution in [1.82, 2.24) is 10.2 Å². The summed E-state index contributed by atoms with van der Waals surface area (Å²) in [4.78, 5) is 26.4. The Morgan fingerprint density at radius 3 is 2.35 bits per heavy atom. The van der Waals surface area contributed by atoms with E-state index in [1.54, 1.807) is 24.3 Å². The number of carbonyl (C=O) groups excluding carboxylic acids is 1. The van der Waals surface area contributed by atoms with Crippen LogP contribution >= 0.6 is 0 Å². The number of fused-ring (bicyclic) bond motifs is 1. The summed E-state index contributed by atoms with van der Waals surface area (Å²) in [5.41, 5.74) is 3.60. The van der Waals surface area contributed by atoms with Gasteiger partial charge in [0.2, 0.25) is 5.91 Å². The molecule has 0 radical (unpaired) electrons. The predicted molar refractivity (Wildman–Crippen MR) is 147 cm³/mol. The van der Waals surface area contributed by atoms with Crippen molar-refractivity contribution in [2.45, 2.75) is 25.3 Å². The van der Waals surface area contributed by atoms with Crippen molar-refractivity contribution < 1.29 is 14.7 Å². The lowest BCUT2D eigenvalue weighted by Crippen LogP contribution is -2.32. The van der Waals surface area contributed by atoms with E-state index < -0.39 is 5.97 Å². The molecule has 1 aliphatic rings. The quantitative estimate of drug-likeness (QED) is 0.332. The van der Waals surface area contributed by atoms with E-state index in [1.165, 1.54) is 21.9 Å². The minimum absolute atomic E-state index is 0.0774. The molecule has 1 heterocycles. The van der Waals surface area contributed by atoms with Crippen molar-refractivity contribution in [3.63, 3.8) is 0 Å². The first kappa shape index (κ1) is 24.7. The molecule has 5 rings (SSSR count). The molecule has 0 unspecified atom stereocenters. The highest BCUT2D eigenvalue weighted by Gasteiger charge is 2.36. The summed E-state index contributed by atoms with van der Waals surface area (Å²) in [5, 5.41) is 15.4. The molecule has 0 bridgehead atoms. The number of hydrogen-bond acceptors (Lipinski definition) is 3. The topological polar surface area (TPSA) is 69.6 Å². The fourth-order valence-electron chi connectivity index (χ4n) is 5.48. The summed E-state index contributed by atoms with van der Waals surface area (Å²) in [5.74, 6) is -0.338. The van der Waals surface area contributed by atoms with Crippen molar-refractivity contribution >= 4 is 22.6 Å². The lowest BCUT2D eigenvalue weighted by atomic mass is 9.88. The zero-order chi connectivity index (χ0) is 25.8. The van der Waals surface area contributed by atoms with E-state index >= 15 is 0 Å². The molecule has 5 heteroatoms. The van der Waals surface area contributed by atoms with Gasteiger partial charge < -0.3 is 15.3 Å². The molecular formula is C32H32N2O3. The van der Waals surface area contributed by atoms with Crippen LogP contribution in [-0.4, -0.2) is 41.5 Å². The number of rotatable bonds is 8. The molecule has 1 amide bonds. The lowest BCUT2D eigenvalue weighted by molar-refractivity contribution is -0.129. The monoisotopic (exact) mass is 492 g/mol. The van der Waals surface area contributed by atoms with E-state index in [4.69, 9.17) is 5.11 Å². The molecule has 1 saturated heterocycles. The number of amides is 1. The number of carbonyl (C=O) groups is 2. The fourth-order valence-corrected chi connectivity index (χ4v) is 5.48. The van der Waals surface area contributed by atoms with Gasteiger partial charge in [0.1, 0.15) is 0 Å². The second kappa shape index (κ2) is 11.0. The Labute approximate surface area is 217 Å². The average molecular weight is 493 g/mol. The van der Waals surface area contributed by atoms with E-state index in [-0.39, 0.29) is 35.8 Å². The standard InChI is InChI=1S/C32H32N2O3/c1-22(28-13-7-11-24-10-5-6-12-29(24)28)33-19-27-20-34(21-30(27)25-8-3-2-4-9-25)31(35)18-23-14-16-26(17-15-23)32(36)37/h2-17,22,27,30,33H,18-21H2,1H3,(H,36,37)/t22-,27-,30-/m1/s1. The van der Waals surface area contributed by atoms with Gasteiger partial charge in [-0.3, -0.25) is 4.79 Å². The van der Waals surface area contributed by atoms with E-state index in [1.807, 2.05) is 11.0 Å². The number of aromatic carboxylic acids is 1. The normalized spacial score (nSPS) is 18.1. The highest BCUT2D eigenvalue weighted by atomic mass is 16.4. The van der Waals surface area contributed by atoms with Gasteiger partial charge in [-0.1, -0.05) is 84.9 Å². The second-order valence-corrected chi connectivity index (χ2v) is 9.95. The molecule has 1 aliphatic heterocycles. The molecule has 0 aliphatic carbocycles. The Morgan fingerprint density at radius 2 is 1.59 bits per heavy atom. The maximum Gasteiger partial charge on any atom is 0.335 e. The van der Waals surface area contributed by atoms with Crippen molar-refractivity contribution in [2.24, 2.45) is 5.92 Å². The van der Waals surface area contributed by atoms with Gasteiger partial charge in [-0.25, -0.2) is 4.79 Å². The van der Waals surface area contributed by atoms with Crippen LogP contribution in [0, 0.1) is 5.92 Å². The lowest BCUT2D eigenvalue weighted by Gasteiger charge is -2.23. The summed E-state index contributed by atoms with van der Waals surface area (Å²) in [7, 11) is 0. The first-order valence-electron chi connectivity index (χ1n) is 12.9. The van der Waals surface area contributed by atoms with E-state index in [0.717, 1.165) is 12.1 Å². The van der Waals surface area contributed by atoms with Gasteiger partial charge in [0.05, 0.1) is 12.0 Å². The Hall–Kier alpha value is -3.96. The molecule has 37 heavy (non-hydrogen) atoms. The van der Waals surface area contributed by atoms with E-state index in [0.29, 0.717) is 13.1 Å². The Bertz CT molecular complexity index is 1380. The van der Waals surface area contributed by atoms with E-state index in [2.05, 4.69) is 79.0 Å². The van der Waals surface area contributed by atoms with Gasteiger partial charge in [-0.2, -0.15) is 0 Å². The Balaban J connectivity index is 1.29. The van der Waals surface area contributed by atoms with Crippen LogP contribution in [0.15, 0.2) is 97.1 Å². The van der Waals surface area contributed by atoms with Crippen LogP contribution in [0.5, 0.6) is 0 Å². The third kappa shape index (κ3) is 5.57. The zero-order valence-electron chi connectivity index (χ0n) is 21.0. The molecule has 188 valence electrons. The van der Waals surface area contributed by atoms with Crippen LogP contribution in [0.1, 0.15) is 45.9 Å². The Kier molecular flexibility index (Phi) is 7.33. The van der Waals surface area contributed by atoms with Crippen molar-refractivity contribution in [3.05, 3.63) is 119 Å².